The Bertz CT molecular complexity index is 902. The summed E-state index contributed by atoms with van der Waals surface area (Å²) in [6.07, 6.45) is 0. The van der Waals surface area contributed by atoms with E-state index >= 15 is 0 Å². The van der Waals surface area contributed by atoms with E-state index in [0.717, 1.165) is 5.56 Å². The van der Waals surface area contributed by atoms with Crippen LogP contribution >= 0.6 is 0 Å². The van der Waals surface area contributed by atoms with Gasteiger partial charge >= 0.3 is 5.97 Å². The zero-order valence-electron chi connectivity index (χ0n) is 13.4. The third-order valence-corrected chi connectivity index (χ3v) is 3.58. The monoisotopic (exact) mass is 337 g/mol. The summed E-state index contributed by atoms with van der Waals surface area (Å²) in [5.41, 5.74) is 2.00. The van der Waals surface area contributed by atoms with Gasteiger partial charge in [0.2, 0.25) is 0 Å². The molecular weight excluding hydrogens is 322 g/mol. The van der Waals surface area contributed by atoms with Crippen molar-refractivity contribution < 1.29 is 14.5 Å². The van der Waals surface area contributed by atoms with Gasteiger partial charge in [0.25, 0.3) is 5.69 Å². The number of imidazole rings is 1. The molecule has 0 atom stereocenters. The van der Waals surface area contributed by atoms with Crippen LogP contribution in [0.25, 0.3) is 22.6 Å². The highest BCUT2D eigenvalue weighted by Gasteiger charge is 2.21. The van der Waals surface area contributed by atoms with Gasteiger partial charge in [-0.05, 0) is 19.1 Å². The normalized spacial score (nSPS) is 10.4. The van der Waals surface area contributed by atoms with E-state index < -0.39 is 10.9 Å². The Morgan fingerprint density at radius 1 is 1.12 bits per heavy atom. The lowest BCUT2D eigenvalue weighted by Gasteiger charge is -2.02. The fraction of sp³-hybridized carbons (Fsp3) is 0.111. The Hall–Kier alpha value is -3.48. The fourth-order valence-corrected chi connectivity index (χ4v) is 2.41. The second kappa shape index (κ2) is 6.96. The number of H-pyrrole nitrogens is 1. The van der Waals surface area contributed by atoms with Gasteiger partial charge < -0.3 is 9.72 Å². The van der Waals surface area contributed by atoms with E-state index in [-0.39, 0.29) is 18.0 Å². The molecule has 2 aromatic carbocycles. The number of benzene rings is 2. The molecule has 0 saturated heterocycles. The number of aromatic nitrogens is 2. The summed E-state index contributed by atoms with van der Waals surface area (Å²) in [6.45, 7) is 1.95. The molecule has 1 heterocycles. The van der Waals surface area contributed by atoms with Gasteiger partial charge in [-0.3, -0.25) is 10.1 Å². The van der Waals surface area contributed by atoms with Gasteiger partial charge in [-0.25, -0.2) is 9.78 Å². The number of hydrogen-bond donors (Lipinski definition) is 1. The van der Waals surface area contributed by atoms with Crippen molar-refractivity contribution in [2.75, 3.05) is 6.61 Å². The molecule has 1 aromatic heterocycles. The molecule has 0 radical (unpaired) electrons. The summed E-state index contributed by atoms with van der Waals surface area (Å²) in [7, 11) is 0. The van der Waals surface area contributed by atoms with Crippen LogP contribution in [0.15, 0.2) is 54.6 Å². The second-order valence-corrected chi connectivity index (χ2v) is 5.20. The predicted molar refractivity (Wildman–Crippen MR) is 92.1 cm³/mol. The van der Waals surface area contributed by atoms with Crippen LogP contribution in [-0.4, -0.2) is 27.5 Å². The number of non-ortho nitro benzene ring substituents is 1. The molecule has 25 heavy (non-hydrogen) atoms. The first-order chi connectivity index (χ1) is 12.1. The third kappa shape index (κ3) is 3.40. The van der Waals surface area contributed by atoms with Crippen molar-refractivity contribution in [1.82, 2.24) is 9.97 Å². The fourth-order valence-electron chi connectivity index (χ4n) is 2.41. The van der Waals surface area contributed by atoms with E-state index in [1.165, 1.54) is 12.1 Å². The molecule has 3 rings (SSSR count). The quantitative estimate of drug-likeness (QED) is 0.433. The third-order valence-electron chi connectivity index (χ3n) is 3.58. The van der Waals surface area contributed by atoms with Gasteiger partial charge in [0.15, 0.2) is 5.69 Å². The molecule has 0 aliphatic rings. The molecule has 0 aliphatic carbocycles. The maximum Gasteiger partial charge on any atom is 0.357 e. The molecular formula is C18H15N3O4. The first-order valence-corrected chi connectivity index (χ1v) is 7.67. The molecule has 0 bridgehead atoms. The van der Waals surface area contributed by atoms with Crippen LogP contribution in [0.2, 0.25) is 0 Å². The van der Waals surface area contributed by atoms with E-state index in [0.29, 0.717) is 17.1 Å². The molecule has 0 saturated carbocycles. The van der Waals surface area contributed by atoms with Gasteiger partial charge in [0.1, 0.15) is 11.5 Å². The number of esters is 1. The van der Waals surface area contributed by atoms with Crippen molar-refractivity contribution in [3.63, 3.8) is 0 Å². The maximum atomic E-state index is 12.3. The lowest BCUT2D eigenvalue weighted by atomic mass is 10.1. The molecule has 0 spiro atoms. The minimum Gasteiger partial charge on any atom is -0.461 e. The number of nitrogens with one attached hydrogen (secondary N) is 1. The van der Waals surface area contributed by atoms with Crippen LogP contribution < -0.4 is 0 Å². The molecule has 126 valence electrons. The van der Waals surface area contributed by atoms with Gasteiger partial charge in [0, 0.05) is 23.3 Å². The maximum absolute atomic E-state index is 12.3. The van der Waals surface area contributed by atoms with Gasteiger partial charge in [-0.2, -0.15) is 0 Å². The van der Waals surface area contributed by atoms with Gasteiger partial charge in [-0.15, -0.1) is 0 Å². The number of rotatable bonds is 5. The van der Waals surface area contributed by atoms with E-state index in [1.54, 1.807) is 19.1 Å². The Morgan fingerprint density at radius 3 is 2.40 bits per heavy atom. The van der Waals surface area contributed by atoms with E-state index in [9.17, 15) is 14.9 Å². The van der Waals surface area contributed by atoms with Crippen molar-refractivity contribution in [2.24, 2.45) is 0 Å². The predicted octanol–water partition coefficient (Wildman–Crippen LogP) is 3.83. The van der Waals surface area contributed by atoms with Gasteiger partial charge in [-0.1, -0.05) is 30.3 Å². The average molecular weight is 337 g/mol. The van der Waals surface area contributed by atoms with Gasteiger partial charge in [0.05, 0.1) is 11.5 Å². The minimum absolute atomic E-state index is 0.0275. The van der Waals surface area contributed by atoms with Crippen molar-refractivity contribution in [1.29, 1.82) is 0 Å². The summed E-state index contributed by atoms with van der Waals surface area (Å²) >= 11 is 0. The largest absolute Gasteiger partial charge is 0.461 e. The SMILES string of the molecule is CCOC(=O)c1[nH]c(-c2ccccc2)nc1-c1ccc([N+](=O)[O-])cc1. The molecule has 3 aromatic rings. The number of aromatic amines is 1. The smallest absolute Gasteiger partial charge is 0.357 e. The summed E-state index contributed by atoms with van der Waals surface area (Å²) < 4.78 is 5.08. The Kier molecular flexibility index (Phi) is 4.56. The molecule has 0 fully saturated rings. The highest BCUT2D eigenvalue weighted by molar-refractivity contribution is 5.95. The van der Waals surface area contributed by atoms with Crippen molar-refractivity contribution in [3.05, 3.63) is 70.4 Å². The average Bonchev–Trinajstić information content (AvgIpc) is 3.08. The number of carbonyl (C=O) groups excluding carboxylic acids is 1. The van der Waals surface area contributed by atoms with E-state index in [4.69, 9.17) is 4.74 Å². The zero-order chi connectivity index (χ0) is 17.8. The zero-order valence-corrected chi connectivity index (χ0v) is 13.4. The summed E-state index contributed by atoms with van der Waals surface area (Å²) in [5.74, 6) is 0.00235. The van der Waals surface area contributed by atoms with E-state index in [1.807, 2.05) is 30.3 Å². The lowest BCUT2D eigenvalue weighted by molar-refractivity contribution is -0.384. The number of nitrogens with zero attached hydrogens (tertiary/aromatic N) is 2. The molecule has 0 unspecified atom stereocenters. The summed E-state index contributed by atoms with van der Waals surface area (Å²) in [4.78, 5) is 30.1. The molecule has 0 amide bonds. The van der Waals surface area contributed by atoms with Crippen molar-refractivity contribution >= 4 is 11.7 Å². The van der Waals surface area contributed by atoms with E-state index in [2.05, 4.69) is 9.97 Å². The van der Waals surface area contributed by atoms with Crippen molar-refractivity contribution in [2.45, 2.75) is 6.92 Å². The molecule has 7 heteroatoms. The Balaban J connectivity index is 2.08. The van der Waals surface area contributed by atoms with Crippen LogP contribution in [0.1, 0.15) is 17.4 Å². The molecule has 7 nitrogen and oxygen atoms in total. The summed E-state index contributed by atoms with van der Waals surface area (Å²) in [6, 6.07) is 15.2. The van der Waals surface area contributed by atoms with Crippen LogP contribution in [0.3, 0.4) is 0 Å². The van der Waals surface area contributed by atoms with Crippen LogP contribution in [0.4, 0.5) is 5.69 Å². The molecule has 0 aliphatic heterocycles. The Labute approximate surface area is 143 Å². The van der Waals surface area contributed by atoms with Crippen LogP contribution in [0.5, 0.6) is 0 Å². The highest BCUT2D eigenvalue weighted by Crippen LogP contribution is 2.28. The number of nitro benzene ring substituents is 1. The summed E-state index contributed by atoms with van der Waals surface area (Å²) in [5, 5.41) is 10.8. The number of ether oxygens (including phenoxy) is 1. The van der Waals surface area contributed by atoms with Crippen LogP contribution in [0, 0.1) is 10.1 Å². The standard InChI is InChI=1S/C18H15N3O4/c1-2-25-18(22)16-15(12-8-10-14(11-9-12)21(23)24)19-17(20-16)13-6-4-3-5-7-13/h3-11H,2H2,1H3,(H,19,20). The highest BCUT2D eigenvalue weighted by atomic mass is 16.6. The number of carbonyl (C=O) groups is 1. The van der Waals surface area contributed by atoms with Crippen LogP contribution in [-0.2, 0) is 4.74 Å². The Morgan fingerprint density at radius 2 is 1.80 bits per heavy atom. The van der Waals surface area contributed by atoms with Crippen molar-refractivity contribution in [3.8, 4) is 22.6 Å². The molecule has 1 N–H and O–H groups in total. The second-order valence-electron chi connectivity index (χ2n) is 5.20. The number of nitro groups is 1. The first kappa shape index (κ1) is 16.4. The minimum atomic E-state index is -0.523. The topological polar surface area (TPSA) is 98.1 Å². The first-order valence-electron chi connectivity index (χ1n) is 7.67. The lowest BCUT2D eigenvalue weighted by Crippen LogP contribution is -2.06. The number of hydrogen-bond acceptors (Lipinski definition) is 5.